The van der Waals surface area contributed by atoms with Crippen LogP contribution in [0.1, 0.15) is 20.8 Å². The number of nitrogens with one attached hydrogen (secondary N) is 1. The number of halogens is 3. The number of hydrogen-bond donors (Lipinski definition) is 1. The first-order valence-electron chi connectivity index (χ1n) is 6.87. The van der Waals surface area contributed by atoms with Gasteiger partial charge in [-0.2, -0.15) is 0 Å². The fourth-order valence-electron chi connectivity index (χ4n) is 1.95. The number of alkyl halides is 3. The van der Waals surface area contributed by atoms with E-state index in [2.05, 4.69) is 0 Å². The molecular weight excluding hydrogens is 405 g/mol. The predicted octanol–water partition coefficient (Wildman–Crippen LogP) is 1.50. The molecule has 12 heteroatoms. The van der Waals surface area contributed by atoms with Gasteiger partial charge >= 0.3 is 17.9 Å². The van der Waals surface area contributed by atoms with Gasteiger partial charge in [-0.25, -0.2) is 0 Å². The lowest BCUT2D eigenvalue weighted by atomic mass is 10.1. The first kappa shape index (κ1) is 21.8. The lowest BCUT2D eigenvalue weighted by Gasteiger charge is -2.24. The van der Waals surface area contributed by atoms with E-state index in [4.69, 9.17) is 63.9 Å². The molecule has 1 fully saturated rings. The molecule has 1 saturated heterocycles. The van der Waals surface area contributed by atoms with E-state index in [0.29, 0.717) is 0 Å². The third-order valence-electron chi connectivity index (χ3n) is 2.81. The van der Waals surface area contributed by atoms with Gasteiger partial charge < -0.3 is 23.7 Å². The molecule has 1 aliphatic rings. The molecule has 1 heterocycles. The number of esters is 3. The predicted molar refractivity (Wildman–Crippen MR) is 85.5 cm³/mol. The van der Waals surface area contributed by atoms with E-state index in [1.165, 1.54) is 6.92 Å². The van der Waals surface area contributed by atoms with Gasteiger partial charge in [-0.1, -0.05) is 34.8 Å². The van der Waals surface area contributed by atoms with E-state index < -0.39 is 52.2 Å². The summed E-state index contributed by atoms with van der Waals surface area (Å²) in [6.07, 6.45) is -4.87. The average molecular weight is 421 g/mol. The number of rotatable bonds is 5. The lowest BCUT2D eigenvalue weighted by molar-refractivity contribution is -0.172. The van der Waals surface area contributed by atoms with Crippen molar-refractivity contribution in [2.75, 3.05) is 6.61 Å². The summed E-state index contributed by atoms with van der Waals surface area (Å²) in [5, 5.41) is 7.59. The number of ether oxygens (including phenoxy) is 5. The van der Waals surface area contributed by atoms with Crippen molar-refractivity contribution < 1.29 is 38.1 Å². The zero-order chi connectivity index (χ0) is 19.4. The number of carbonyl (C=O) groups excluding carboxylic acids is 3. The summed E-state index contributed by atoms with van der Waals surface area (Å²) in [4.78, 5) is 33.7. The van der Waals surface area contributed by atoms with Crippen molar-refractivity contribution in [3.63, 3.8) is 0 Å². The van der Waals surface area contributed by atoms with Crippen LogP contribution in [-0.4, -0.2) is 58.8 Å². The first-order chi connectivity index (χ1) is 11.4. The SMILES string of the molecule is CC(=O)OC[C@H]1OC(OC(=N)C(Cl)(Cl)Cl)[C@H](OC(C)=O)[C@H]1OC(C)=O. The molecule has 1 N–H and O–H groups in total. The van der Waals surface area contributed by atoms with E-state index in [1.807, 2.05) is 0 Å². The molecule has 0 saturated carbocycles. The highest BCUT2D eigenvalue weighted by Gasteiger charge is 2.52. The van der Waals surface area contributed by atoms with Crippen LogP contribution in [0.15, 0.2) is 0 Å². The Morgan fingerprint density at radius 3 is 1.92 bits per heavy atom. The van der Waals surface area contributed by atoms with Gasteiger partial charge in [-0.05, 0) is 0 Å². The normalized spacial score (nSPS) is 25.8. The fraction of sp³-hybridized carbons (Fsp3) is 0.692. The number of carbonyl (C=O) groups is 3. The molecule has 1 aliphatic heterocycles. The number of hydrogen-bond acceptors (Lipinski definition) is 9. The highest BCUT2D eigenvalue weighted by molar-refractivity contribution is 6.76. The van der Waals surface area contributed by atoms with Crippen LogP contribution < -0.4 is 0 Å². The van der Waals surface area contributed by atoms with Crippen molar-refractivity contribution >= 4 is 58.6 Å². The van der Waals surface area contributed by atoms with Gasteiger partial charge in [-0.15, -0.1) is 0 Å². The molecule has 9 nitrogen and oxygen atoms in total. The Labute approximate surface area is 158 Å². The van der Waals surface area contributed by atoms with E-state index in [9.17, 15) is 14.4 Å². The van der Waals surface area contributed by atoms with Gasteiger partial charge in [-0.3, -0.25) is 19.8 Å². The lowest BCUT2D eigenvalue weighted by Crippen LogP contribution is -2.42. The van der Waals surface area contributed by atoms with Crippen molar-refractivity contribution in [3.05, 3.63) is 0 Å². The van der Waals surface area contributed by atoms with Crippen LogP contribution in [0, 0.1) is 5.41 Å². The highest BCUT2D eigenvalue weighted by Crippen LogP contribution is 2.33. The van der Waals surface area contributed by atoms with Crippen molar-refractivity contribution in [2.24, 2.45) is 0 Å². The Kier molecular flexibility index (Phi) is 7.73. The maximum absolute atomic E-state index is 11.3. The second-order valence-electron chi connectivity index (χ2n) is 4.94. The highest BCUT2D eigenvalue weighted by atomic mass is 35.6. The molecule has 25 heavy (non-hydrogen) atoms. The zero-order valence-electron chi connectivity index (χ0n) is 13.4. The summed E-state index contributed by atoms with van der Waals surface area (Å²) in [5.74, 6) is -2.83. The van der Waals surface area contributed by atoms with E-state index in [-0.39, 0.29) is 6.61 Å². The quantitative estimate of drug-likeness (QED) is 0.233. The molecule has 0 aromatic heterocycles. The van der Waals surface area contributed by atoms with Crippen molar-refractivity contribution in [2.45, 2.75) is 49.2 Å². The van der Waals surface area contributed by atoms with Crippen LogP contribution in [0.5, 0.6) is 0 Å². The maximum Gasteiger partial charge on any atom is 0.303 e. The minimum Gasteiger partial charge on any atom is -0.463 e. The molecular formula is C13H16Cl3NO8. The van der Waals surface area contributed by atoms with Gasteiger partial charge in [0.1, 0.15) is 12.7 Å². The van der Waals surface area contributed by atoms with E-state index >= 15 is 0 Å². The molecule has 4 atom stereocenters. The van der Waals surface area contributed by atoms with Crippen molar-refractivity contribution in [1.29, 1.82) is 5.41 Å². The van der Waals surface area contributed by atoms with Crippen LogP contribution >= 0.6 is 34.8 Å². The van der Waals surface area contributed by atoms with E-state index in [0.717, 1.165) is 13.8 Å². The first-order valence-corrected chi connectivity index (χ1v) is 8.01. The van der Waals surface area contributed by atoms with Gasteiger partial charge in [0.2, 0.25) is 18.3 Å². The fourth-order valence-corrected chi connectivity index (χ4v) is 2.09. The molecule has 0 aromatic rings. The summed E-state index contributed by atoms with van der Waals surface area (Å²) < 4.78 is 23.3. The van der Waals surface area contributed by atoms with Crippen molar-refractivity contribution in [3.8, 4) is 0 Å². The van der Waals surface area contributed by atoms with Gasteiger partial charge in [0, 0.05) is 20.8 Å². The summed E-state index contributed by atoms with van der Waals surface area (Å²) in [6.45, 7) is 3.10. The average Bonchev–Trinajstić information content (AvgIpc) is 2.72. The Morgan fingerprint density at radius 2 is 1.48 bits per heavy atom. The van der Waals surface area contributed by atoms with Crippen molar-refractivity contribution in [1.82, 2.24) is 0 Å². The third kappa shape index (κ3) is 6.85. The zero-order valence-corrected chi connectivity index (χ0v) is 15.7. The van der Waals surface area contributed by atoms with Gasteiger partial charge in [0.25, 0.3) is 3.79 Å². The second kappa shape index (κ2) is 8.88. The molecule has 1 unspecified atom stereocenters. The Balaban J connectivity index is 3.03. The molecule has 0 amide bonds. The van der Waals surface area contributed by atoms with E-state index in [1.54, 1.807) is 0 Å². The monoisotopic (exact) mass is 419 g/mol. The topological polar surface area (TPSA) is 121 Å². The summed E-state index contributed by atoms with van der Waals surface area (Å²) in [7, 11) is 0. The molecule has 0 bridgehead atoms. The van der Waals surface area contributed by atoms with Gasteiger partial charge in [0.05, 0.1) is 0 Å². The van der Waals surface area contributed by atoms with Crippen LogP contribution in [0.25, 0.3) is 0 Å². The maximum atomic E-state index is 11.3. The molecule has 0 radical (unpaired) electrons. The molecule has 0 spiro atoms. The second-order valence-corrected chi connectivity index (χ2v) is 7.22. The Bertz CT molecular complexity index is 550. The van der Waals surface area contributed by atoms with Crippen LogP contribution in [0.2, 0.25) is 0 Å². The minimum atomic E-state index is -2.19. The Hall–Kier alpha value is -1.29. The van der Waals surface area contributed by atoms with Gasteiger partial charge in [0.15, 0.2) is 6.10 Å². The summed E-state index contributed by atoms with van der Waals surface area (Å²) in [5.41, 5.74) is 0. The Morgan fingerprint density at radius 1 is 0.960 bits per heavy atom. The minimum absolute atomic E-state index is 0.313. The third-order valence-corrected chi connectivity index (χ3v) is 3.33. The largest absolute Gasteiger partial charge is 0.463 e. The van der Waals surface area contributed by atoms with Crippen LogP contribution in [-0.2, 0) is 38.1 Å². The van der Waals surface area contributed by atoms with Crippen LogP contribution in [0.3, 0.4) is 0 Å². The molecule has 142 valence electrons. The molecule has 0 aliphatic carbocycles. The van der Waals surface area contributed by atoms with Crippen LogP contribution in [0.4, 0.5) is 0 Å². The molecule has 1 rings (SSSR count). The summed E-state index contributed by atoms with van der Waals surface area (Å²) in [6, 6.07) is 0. The standard InChI is InChI=1S/C13H16Cl3NO8/c1-5(18)21-4-8-9(22-6(2)19)10(23-7(3)20)11(24-8)25-12(17)13(14,15)16/h8-11,17H,4H2,1-3H3/t8-,9+,10-,11?/m1/s1. The molecule has 0 aromatic carbocycles. The summed E-state index contributed by atoms with van der Waals surface area (Å²) >= 11 is 16.6. The smallest absolute Gasteiger partial charge is 0.303 e.